The number of allylic oxidation sites excluding steroid dienone is 1. The van der Waals surface area contributed by atoms with Gasteiger partial charge in [-0.3, -0.25) is 4.79 Å². The minimum atomic E-state index is -3.30. The number of carbonyl (C=O) groups excluding carboxylic acids is 2. The van der Waals surface area contributed by atoms with Crippen LogP contribution in [0.2, 0.25) is 0 Å². The fourth-order valence-corrected chi connectivity index (χ4v) is 1.87. The van der Waals surface area contributed by atoms with Crippen LogP contribution < -0.4 is 0 Å². The molecule has 0 aliphatic carbocycles. The summed E-state index contributed by atoms with van der Waals surface area (Å²) in [7, 11) is 1.16. The van der Waals surface area contributed by atoms with Crippen molar-refractivity contribution in [1.82, 2.24) is 4.90 Å². The van der Waals surface area contributed by atoms with Crippen LogP contribution in [0, 0.1) is 0 Å². The molecule has 1 aliphatic rings. The number of carbonyl (C=O) groups is 2. The van der Waals surface area contributed by atoms with E-state index in [-0.39, 0.29) is 30.6 Å². The maximum atomic E-state index is 14.0. The molecule has 0 atom stereocenters. The molecule has 20 heavy (non-hydrogen) atoms. The first-order valence-electron chi connectivity index (χ1n) is 6.19. The summed E-state index contributed by atoms with van der Waals surface area (Å²) in [6.45, 7) is 4.22. The van der Waals surface area contributed by atoms with Crippen LogP contribution in [0.1, 0.15) is 27.2 Å². The van der Waals surface area contributed by atoms with Gasteiger partial charge in [0.15, 0.2) is 12.0 Å². The van der Waals surface area contributed by atoms with E-state index in [4.69, 9.17) is 4.74 Å². The van der Waals surface area contributed by atoms with E-state index in [1.54, 1.807) is 20.8 Å². The van der Waals surface area contributed by atoms with E-state index in [0.29, 0.717) is 0 Å². The summed E-state index contributed by atoms with van der Waals surface area (Å²) in [6, 6.07) is 0. The predicted molar refractivity (Wildman–Crippen MR) is 67.5 cm³/mol. The highest BCUT2D eigenvalue weighted by atomic mass is 19.3. The first kappa shape index (κ1) is 16.4. The Morgan fingerprint density at radius 3 is 2.40 bits per heavy atom. The average Bonchev–Trinajstić information content (AvgIpc) is 2.29. The maximum absolute atomic E-state index is 14.0. The second-order valence-corrected chi connectivity index (χ2v) is 5.52. The molecule has 1 rings (SSSR count). The maximum Gasteiger partial charge on any atom is 0.410 e. The molecule has 1 aliphatic heterocycles. The molecule has 1 amide bonds. The Hall–Kier alpha value is -1.66. The molecule has 0 unspecified atom stereocenters. The van der Waals surface area contributed by atoms with Gasteiger partial charge in [-0.05, 0) is 27.2 Å². The Kier molecular flexibility index (Phi) is 4.73. The third-order valence-electron chi connectivity index (χ3n) is 2.74. The van der Waals surface area contributed by atoms with Crippen molar-refractivity contribution in [3.8, 4) is 0 Å². The van der Waals surface area contributed by atoms with Crippen molar-refractivity contribution in [3.05, 3.63) is 11.3 Å². The van der Waals surface area contributed by atoms with E-state index < -0.39 is 24.2 Å². The van der Waals surface area contributed by atoms with Crippen molar-refractivity contribution in [2.75, 3.05) is 20.2 Å². The fourth-order valence-electron chi connectivity index (χ4n) is 1.87. The minimum Gasteiger partial charge on any atom is -0.493 e. The van der Waals surface area contributed by atoms with Gasteiger partial charge in [0.2, 0.25) is 0 Å². The molecule has 0 bridgehead atoms. The topological polar surface area (TPSA) is 55.8 Å². The van der Waals surface area contributed by atoms with Crippen molar-refractivity contribution in [1.29, 1.82) is 0 Å². The monoisotopic (exact) mass is 291 g/mol. The number of halogens is 2. The van der Waals surface area contributed by atoms with Gasteiger partial charge in [0.1, 0.15) is 5.60 Å². The quantitative estimate of drug-likeness (QED) is 0.445. The first-order chi connectivity index (χ1) is 9.10. The molecule has 0 spiro atoms. The van der Waals surface area contributed by atoms with E-state index in [9.17, 15) is 18.4 Å². The summed E-state index contributed by atoms with van der Waals surface area (Å²) < 4.78 is 37.7. The van der Waals surface area contributed by atoms with Crippen molar-refractivity contribution in [2.24, 2.45) is 0 Å². The van der Waals surface area contributed by atoms with Gasteiger partial charge in [-0.1, -0.05) is 0 Å². The number of hydrogen-bond donors (Lipinski definition) is 0. The van der Waals surface area contributed by atoms with Crippen LogP contribution >= 0.6 is 0 Å². The van der Waals surface area contributed by atoms with Gasteiger partial charge in [0, 0.05) is 12.1 Å². The van der Waals surface area contributed by atoms with Gasteiger partial charge >= 0.3 is 6.09 Å². The summed E-state index contributed by atoms with van der Waals surface area (Å²) in [5, 5.41) is 0. The molecule has 1 heterocycles. The Labute approximate surface area is 116 Å². The second-order valence-electron chi connectivity index (χ2n) is 5.52. The van der Waals surface area contributed by atoms with Crippen LogP contribution in [-0.4, -0.2) is 49.0 Å². The molecule has 0 radical (unpaired) electrons. The predicted octanol–water partition coefficient (Wildman–Crippen LogP) is 2.36. The largest absolute Gasteiger partial charge is 0.493 e. The van der Waals surface area contributed by atoms with Crippen LogP contribution in [0.4, 0.5) is 13.6 Å². The smallest absolute Gasteiger partial charge is 0.410 e. The van der Waals surface area contributed by atoms with Gasteiger partial charge in [0.05, 0.1) is 13.7 Å². The molecule has 1 saturated heterocycles. The van der Waals surface area contributed by atoms with Crippen molar-refractivity contribution < 1.29 is 27.8 Å². The third-order valence-corrected chi connectivity index (χ3v) is 2.74. The second kappa shape index (κ2) is 5.76. The summed E-state index contributed by atoms with van der Waals surface area (Å²) in [5.74, 6) is -3.68. The number of nitrogens with zero attached hydrogens (tertiary/aromatic N) is 1. The van der Waals surface area contributed by atoms with Gasteiger partial charge in [-0.15, -0.1) is 0 Å². The first-order valence-corrected chi connectivity index (χ1v) is 6.19. The summed E-state index contributed by atoms with van der Waals surface area (Å²) in [5.41, 5.74) is -1.13. The number of hydrogen-bond acceptors (Lipinski definition) is 4. The van der Waals surface area contributed by atoms with Crippen LogP contribution in [-0.2, 0) is 14.3 Å². The third kappa shape index (κ3) is 3.91. The van der Waals surface area contributed by atoms with Crippen molar-refractivity contribution in [3.63, 3.8) is 0 Å². The SMILES string of the molecule is CO/C(C=O)=C1\CCN(C(=O)OC(C)(C)C)CC1(F)F. The molecular weight excluding hydrogens is 272 g/mol. The van der Waals surface area contributed by atoms with Crippen LogP contribution in [0.5, 0.6) is 0 Å². The highest BCUT2D eigenvalue weighted by Gasteiger charge is 2.44. The van der Waals surface area contributed by atoms with Gasteiger partial charge in [0.25, 0.3) is 5.92 Å². The molecule has 0 aromatic heterocycles. The summed E-state index contributed by atoms with van der Waals surface area (Å²) in [6.07, 6.45) is -0.665. The van der Waals surface area contributed by atoms with Crippen molar-refractivity contribution in [2.45, 2.75) is 38.7 Å². The van der Waals surface area contributed by atoms with Crippen LogP contribution in [0.15, 0.2) is 11.3 Å². The molecule has 114 valence electrons. The molecule has 0 saturated carbocycles. The van der Waals surface area contributed by atoms with Crippen LogP contribution in [0.3, 0.4) is 0 Å². The number of piperidine rings is 1. The molecule has 0 aromatic carbocycles. The summed E-state index contributed by atoms with van der Waals surface area (Å²) in [4.78, 5) is 23.4. The van der Waals surface area contributed by atoms with Gasteiger partial charge in [-0.2, -0.15) is 8.78 Å². The fraction of sp³-hybridized carbons (Fsp3) is 0.692. The Balaban J connectivity index is 2.87. The molecule has 1 fully saturated rings. The number of amides is 1. The standard InChI is InChI=1S/C13H19F2NO4/c1-12(2,3)20-11(18)16-6-5-9(10(7-17)19-4)13(14,15)8-16/h7H,5-6,8H2,1-4H3/b10-9+. The molecule has 0 aromatic rings. The Morgan fingerprint density at radius 2 is 2.00 bits per heavy atom. The zero-order chi connectivity index (χ0) is 15.6. The number of likely N-dealkylation sites (tertiary alicyclic amines) is 1. The lowest BCUT2D eigenvalue weighted by atomic mass is 9.99. The molecule has 7 heteroatoms. The van der Waals surface area contributed by atoms with Gasteiger partial charge < -0.3 is 14.4 Å². The number of rotatable bonds is 2. The average molecular weight is 291 g/mol. The Bertz CT molecular complexity index is 427. The lowest BCUT2D eigenvalue weighted by Crippen LogP contribution is -2.49. The molecule has 0 N–H and O–H groups in total. The normalized spacial score (nSPS) is 21.2. The minimum absolute atomic E-state index is 0.0561. The number of alkyl halides is 2. The molecular formula is C13H19F2NO4. The van der Waals surface area contributed by atoms with Crippen LogP contribution in [0.25, 0.3) is 0 Å². The zero-order valence-electron chi connectivity index (χ0n) is 12.0. The van der Waals surface area contributed by atoms with E-state index in [0.717, 1.165) is 12.0 Å². The number of aldehydes is 1. The molecule has 5 nitrogen and oxygen atoms in total. The van der Waals surface area contributed by atoms with E-state index in [1.807, 2.05) is 0 Å². The lowest BCUT2D eigenvalue weighted by Gasteiger charge is -2.35. The number of ether oxygens (including phenoxy) is 2. The zero-order valence-corrected chi connectivity index (χ0v) is 12.0. The van der Waals surface area contributed by atoms with E-state index in [2.05, 4.69) is 4.74 Å². The Morgan fingerprint density at radius 1 is 1.40 bits per heavy atom. The van der Waals surface area contributed by atoms with E-state index >= 15 is 0 Å². The number of methoxy groups -OCH3 is 1. The van der Waals surface area contributed by atoms with E-state index in [1.165, 1.54) is 0 Å². The highest BCUT2D eigenvalue weighted by molar-refractivity contribution is 5.73. The lowest BCUT2D eigenvalue weighted by molar-refractivity contribution is -0.108. The van der Waals surface area contributed by atoms with Gasteiger partial charge in [-0.25, -0.2) is 4.79 Å². The summed E-state index contributed by atoms with van der Waals surface area (Å²) >= 11 is 0. The van der Waals surface area contributed by atoms with Crippen molar-refractivity contribution >= 4 is 12.4 Å². The highest BCUT2D eigenvalue weighted by Crippen LogP contribution is 2.34.